The van der Waals surface area contributed by atoms with Gasteiger partial charge in [0.2, 0.25) is 5.89 Å². The monoisotopic (exact) mass is 293 g/mol. The summed E-state index contributed by atoms with van der Waals surface area (Å²) in [4.78, 5) is 4.32. The van der Waals surface area contributed by atoms with Gasteiger partial charge in [-0.05, 0) is 19.1 Å². The molecular weight excluding hydrogens is 286 g/mol. The Balaban J connectivity index is 2.23. The van der Waals surface area contributed by atoms with Gasteiger partial charge in [-0.2, -0.15) is 0 Å². The number of fused-ring (bicyclic) bond motifs is 1. The molecule has 0 atom stereocenters. The van der Waals surface area contributed by atoms with Crippen LogP contribution < -0.4 is 5.73 Å². The molecule has 0 aliphatic rings. The minimum absolute atomic E-state index is 0.404. The van der Waals surface area contributed by atoms with E-state index in [1.807, 2.05) is 13.0 Å². The minimum atomic E-state index is 0.404. The van der Waals surface area contributed by atoms with E-state index in [2.05, 4.69) is 26.1 Å². The summed E-state index contributed by atoms with van der Waals surface area (Å²) in [5.74, 6) is 1.11. The van der Waals surface area contributed by atoms with Crippen molar-refractivity contribution in [2.75, 3.05) is 5.73 Å². The third-order valence-corrected chi connectivity index (χ3v) is 2.79. The maximum atomic E-state index is 5.85. The van der Waals surface area contributed by atoms with Crippen molar-refractivity contribution in [3.8, 4) is 11.6 Å². The Morgan fingerprint density at radius 1 is 1.29 bits per heavy atom. The molecule has 0 bridgehead atoms. The van der Waals surface area contributed by atoms with Gasteiger partial charge in [0.25, 0.3) is 0 Å². The van der Waals surface area contributed by atoms with E-state index in [4.69, 9.17) is 14.7 Å². The lowest BCUT2D eigenvalue weighted by Crippen LogP contribution is -1.84. The fourth-order valence-corrected chi connectivity index (χ4v) is 2.06. The molecule has 86 valence electrons. The van der Waals surface area contributed by atoms with Crippen LogP contribution in [0.15, 0.2) is 31.6 Å². The fraction of sp³-hybridized carbons (Fsp3) is 0.0909. The van der Waals surface area contributed by atoms with Crippen molar-refractivity contribution >= 4 is 32.7 Å². The SMILES string of the molecule is Cc1cc(-c2nc3cc(Br)cc(N)c3o2)no1. The molecule has 6 heteroatoms. The molecule has 0 fully saturated rings. The van der Waals surface area contributed by atoms with Crippen LogP contribution in [0, 0.1) is 6.92 Å². The Morgan fingerprint density at radius 3 is 2.82 bits per heavy atom. The number of aromatic nitrogens is 2. The molecule has 2 heterocycles. The summed E-state index contributed by atoms with van der Waals surface area (Å²) in [6.45, 7) is 1.81. The largest absolute Gasteiger partial charge is 0.432 e. The molecule has 0 aliphatic carbocycles. The summed E-state index contributed by atoms with van der Waals surface area (Å²) in [6, 6.07) is 5.37. The fourth-order valence-electron chi connectivity index (χ4n) is 1.60. The number of nitrogens with two attached hydrogens (primary N) is 1. The Bertz CT molecular complexity index is 702. The van der Waals surface area contributed by atoms with Crippen LogP contribution in [0.5, 0.6) is 0 Å². The molecule has 0 radical (unpaired) electrons. The lowest BCUT2D eigenvalue weighted by molar-refractivity contribution is 0.397. The summed E-state index contributed by atoms with van der Waals surface area (Å²) in [6.07, 6.45) is 0. The zero-order chi connectivity index (χ0) is 12.0. The van der Waals surface area contributed by atoms with Crippen LogP contribution in [0.1, 0.15) is 5.76 Å². The first-order valence-corrected chi connectivity index (χ1v) is 5.72. The lowest BCUT2D eigenvalue weighted by atomic mass is 10.3. The highest BCUT2D eigenvalue weighted by Gasteiger charge is 2.14. The predicted octanol–water partition coefficient (Wildman–Crippen LogP) is 3.14. The molecule has 1 aromatic carbocycles. The Hall–Kier alpha value is -1.82. The highest BCUT2D eigenvalue weighted by atomic mass is 79.9. The number of rotatable bonds is 1. The third kappa shape index (κ3) is 1.70. The molecule has 2 aromatic heterocycles. The molecular formula is C11H8BrN3O2. The Morgan fingerprint density at radius 2 is 2.12 bits per heavy atom. The number of nitrogens with zero attached hydrogens (tertiary/aromatic N) is 2. The van der Waals surface area contributed by atoms with Gasteiger partial charge in [-0.1, -0.05) is 21.1 Å². The maximum absolute atomic E-state index is 5.85. The van der Waals surface area contributed by atoms with Crippen molar-refractivity contribution in [3.05, 3.63) is 28.4 Å². The topological polar surface area (TPSA) is 78.1 Å². The van der Waals surface area contributed by atoms with Crippen molar-refractivity contribution in [1.29, 1.82) is 0 Å². The van der Waals surface area contributed by atoms with Crippen LogP contribution in [0.3, 0.4) is 0 Å². The molecule has 0 unspecified atom stereocenters. The van der Waals surface area contributed by atoms with Gasteiger partial charge in [0.05, 0.1) is 5.69 Å². The summed E-state index contributed by atoms with van der Waals surface area (Å²) in [5, 5.41) is 3.85. The number of oxazole rings is 1. The number of nitrogen functional groups attached to an aromatic ring is 1. The average Bonchev–Trinajstić information content (AvgIpc) is 2.83. The van der Waals surface area contributed by atoms with Crippen LogP contribution in [0.2, 0.25) is 0 Å². The van der Waals surface area contributed by atoms with Gasteiger partial charge >= 0.3 is 0 Å². The summed E-state index contributed by atoms with van der Waals surface area (Å²) >= 11 is 3.36. The number of halogens is 1. The molecule has 3 aromatic rings. The number of hydrogen-bond acceptors (Lipinski definition) is 5. The zero-order valence-corrected chi connectivity index (χ0v) is 10.5. The first kappa shape index (κ1) is 10.3. The van der Waals surface area contributed by atoms with Crippen molar-refractivity contribution in [2.45, 2.75) is 6.92 Å². The molecule has 0 saturated carbocycles. The van der Waals surface area contributed by atoms with E-state index in [9.17, 15) is 0 Å². The molecule has 17 heavy (non-hydrogen) atoms. The van der Waals surface area contributed by atoms with Crippen LogP contribution in [0.25, 0.3) is 22.7 Å². The van der Waals surface area contributed by atoms with Crippen molar-refractivity contribution < 1.29 is 8.94 Å². The van der Waals surface area contributed by atoms with Crippen molar-refractivity contribution in [2.24, 2.45) is 0 Å². The van der Waals surface area contributed by atoms with Crippen LogP contribution in [0.4, 0.5) is 5.69 Å². The molecule has 0 amide bonds. The minimum Gasteiger partial charge on any atom is -0.432 e. The second kappa shape index (κ2) is 3.59. The van der Waals surface area contributed by atoms with E-state index in [0.717, 1.165) is 4.47 Å². The number of hydrogen-bond donors (Lipinski definition) is 1. The van der Waals surface area contributed by atoms with Crippen LogP contribution in [-0.2, 0) is 0 Å². The normalized spacial score (nSPS) is 11.2. The van der Waals surface area contributed by atoms with E-state index >= 15 is 0 Å². The van der Waals surface area contributed by atoms with E-state index in [1.54, 1.807) is 12.1 Å². The van der Waals surface area contributed by atoms with Gasteiger partial charge in [0.1, 0.15) is 11.3 Å². The number of anilines is 1. The maximum Gasteiger partial charge on any atom is 0.249 e. The van der Waals surface area contributed by atoms with Gasteiger partial charge in [-0.25, -0.2) is 4.98 Å². The first-order valence-electron chi connectivity index (χ1n) is 4.93. The molecule has 0 saturated heterocycles. The van der Waals surface area contributed by atoms with Crippen molar-refractivity contribution in [1.82, 2.24) is 10.1 Å². The zero-order valence-electron chi connectivity index (χ0n) is 8.90. The molecule has 3 rings (SSSR count). The van der Waals surface area contributed by atoms with E-state index in [-0.39, 0.29) is 0 Å². The van der Waals surface area contributed by atoms with Gasteiger partial charge in [-0.15, -0.1) is 0 Å². The van der Waals surface area contributed by atoms with Crippen molar-refractivity contribution in [3.63, 3.8) is 0 Å². The standard InChI is InChI=1S/C11H8BrN3O2/c1-5-2-9(15-17-5)11-14-8-4-6(12)3-7(13)10(8)16-11/h2-4H,13H2,1H3. The first-order chi connectivity index (χ1) is 8.13. The second-order valence-corrected chi connectivity index (χ2v) is 4.60. The molecule has 0 spiro atoms. The summed E-state index contributed by atoms with van der Waals surface area (Å²) in [7, 11) is 0. The highest BCUT2D eigenvalue weighted by molar-refractivity contribution is 9.10. The molecule has 5 nitrogen and oxygen atoms in total. The highest BCUT2D eigenvalue weighted by Crippen LogP contribution is 2.30. The Kier molecular flexibility index (Phi) is 2.19. The van der Waals surface area contributed by atoms with Crippen LogP contribution >= 0.6 is 15.9 Å². The van der Waals surface area contributed by atoms with E-state index in [1.165, 1.54) is 0 Å². The summed E-state index contributed by atoms with van der Waals surface area (Å²) < 4.78 is 11.4. The number of benzene rings is 1. The Labute approximate surface area is 105 Å². The lowest BCUT2D eigenvalue weighted by Gasteiger charge is -1.93. The second-order valence-electron chi connectivity index (χ2n) is 3.69. The smallest absolute Gasteiger partial charge is 0.249 e. The average molecular weight is 294 g/mol. The quantitative estimate of drug-likeness (QED) is 0.697. The van der Waals surface area contributed by atoms with Crippen LogP contribution in [-0.4, -0.2) is 10.1 Å². The number of aryl methyl sites for hydroxylation is 1. The predicted molar refractivity (Wildman–Crippen MR) is 66.4 cm³/mol. The van der Waals surface area contributed by atoms with Gasteiger partial charge in [-0.3, -0.25) is 0 Å². The molecule has 2 N–H and O–H groups in total. The van der Waals surface area contributed by atoms with E-state index < -0.39 is 0 Å². The van der Waals surface area contributed by atoms with Gasteiger partial charge in [0.15, 0.2) is 11.3 Å². The third-order valence-electron chi connectivity index (χ3n) is 2.33. The molecule has 0 aliphatic heterocycles. The van der Waals surface area contributed by atoms with E-state index in [0.29, 0.717) is 34.1 Å². The summed E-state index contributed by atoms with van der Waals surface area (Å²) in [5.41, 5.74) is 8.19. The van der Waals surface area contributed by atoms with Gasteiger partial charge < -0.3 is 14.7 Å². The van der Waals surface area contributed by atoms with Gasteiger partial charge in [0, 0.05) is 10.5 Å².